The fourth-order valence-electron chi connectivity index (χ4n) is 2.88. The highest BCUT2D eigenvalue weighted by molar-refractivity contribution is 7.86. The number of piperidine rings is 2. The summed E-state index contributed by atoms with van der Waals surface area (Å²) in [7, 11) is -3.18. The molecule has 2 heterocycles. The first-order valence-electron chi connectivity index (χ1n) is 6.75. The number of hydrogen-bond acceptors (Lipinski definition) is 2. The van der Waals surface area contributed by atoms with E-state index in [1.807, 2.05) is 0 Å². The van der Waals surface area contributed by atoms with E-state index < -0.39 is 10.2 Å². The quantitative estimate of drug-likeness (QED) is 0.758. The second-order valence-corrected chi connectivity index (χ2v) is 7.65. The normalized spacial score (nSPS) is 33.8. The lowest BCUT2D eigenvalue weighted by Gasteiger charge is -2.37. The van der Waals surface area contributed by atoms with Crippen LogP contribution in [0, 0.1) is 11.8 Å². The molecule has 0 N–H and O–H groups in total. The molecule has 0 saturated carbocycles. The molecule has 2 aliphatic heterocycles. The van der Waals surface area contributed by atoms with Crippen molar-refractivity contribution >= 4 is 10.2 Å². The van der Waals surface area contributed by atoms with E-state index in [-0.39, 0.29) is 0 Å². The molecule has 5 heteroatoms. The van der Waals surface area contributed by atoms with Crippen molar-refractivity contribution in [3.05, 3.63) is 0 Å². The predicted molar refractivity (Wildman–Crippen MR) is 68.9 cm³/mol. The smallest absolute Gasteiger partial charge is 0.195 e. The Bertz CT molecular complexity index is 328. The van der Waals surface area contributed by atoms with Crippen molar-refractivity contribution in [1.29, 1.82) is 0 Å². The molecule has 4 nitrogen and oxygen atoms in total. The van der Waals surface area contributed by atoms with Gasteiger partial charge in [-0.1, -0.05) is 13.8 Å². The van der Waals surface area contributed by atoms with Crippen LogP contribution < -0.4 is 0 Å². The Morgan fingerprint density at radius 2 is 1.29 bits per heavy atom. The van der Waals surface area contributed by atoms with Crippen LogP contribution in [-0.2, 0) is 10.2 Å². The van der Waals surface area contributed by atoms with Crippen molar-refractivity contribution in [2.45, 2.75) is 39.5 Å². The monoisotopic (exact) mass is 260 g/mol. The molecule has 2 saturated heterocycles. The standard InChI is InChI=1S/C12H24N2O2S/c1-11-5-3-7-13(9-11)17(15,16)14-8-4-6-12(2)10-14/h11-12H,3-10H2,1-2H3. The van der Waals surface area contributed by atoms with Crippen molar-refractivity contribution in [2.24, 2.45) is 11.8 Å². The van der Waals surface area contributed by atoms with Gasteiger partial charge in [0.05, 0.1) is 0 Å². The number of nitrogens with zero attached hydrogens (tertiary/aromatic N) is 2. The molecular formula is C12H24N2O2S. The molecule has 2 fully saturated rings. The molecular weight excluding hydrogens is 236 g/mol. The lowest BCUT2D eigenvalue weighted by atomic mass is 10.0. The zero-order valence-corrected chi connectivity index (χ0v) is 11.7. The summed E-state index contributed by atoms with van der Waals surface area (Å²) >= 11 is 0. The summed E-state index contributed by atoms with van der Waals surface area (Å²) in [5, 5.41) is 0. The van der Waals surface area contributed by atoms with Gasteiger partial charge in [0.1, 0.15) is 0 Å². The minimum Gasteiger partial charge on any atom is -0.195 e. The van der Waals surface area contributed by atoms with E-state index in [0.717, 1.165) is 25.7 Å². The van der Waals surface area contributed by atoms with Crippen molar-refractivity contribution in [2.75, 3.05) is 26.2 Å². The average molecular weight is 260 g/mol. The Kier molecular flexibility index (Phi) is 4.10. The fraction of sp³-hybridized carbons (Fsp3) is 1.00. The van der Waals surface area contributed by atoms with Gasteiger partial charge in [-0.3, -0.25) is 0 Å². The maximum Gasteiger partial charge on any atom is 0.281 e. The molecule has 0 spiro atoms. The van der Waals surface area contributed by atoms with Gasteiger partial charge < -0.3 is 0 Å². The molecule has 0 radical (unpaired) electrons. The topological polar surface area (TPSA) is 40.6 Å². The summed E-state index contributed by atoms with van der Waals surface area (Å²) in [5.41, 5.74) is 0. The van der Waals surface area contributed by atoms with Gasteiger partial charge in [-0.25, -0.2) is 0 Å². The molecule has 17 heavy (non-hydrogen) atoms. The highest BCUT2D eigenvalue weighted by atomic mass is 32.2. The second kappa shape index (κ2) is 5.24. The van der Waals surface area contributed by atoms with Crippen LogP contribution in [0.25, 0.3) is 0 Å². The van der Waals surface area contributed by atoms with E-state index in [1.165, 1.54) is 0 Å². The van der Waals surface area contributed by atoms with Gasteiger partial charge >= 0.3 is 0 Å². The van der Waals surface area contributed by atoms with E-state index in [0.29, 0.717) is 38.0 Å². The van der Waals surface area contributed by atoms with Gasteiger partial charge in [0, 0.05) is 26.2 Å². The molecule has 2 aliphatic rings. The first-order chi connectivity index (χ1) is 8.00. The van der Waals surface area contributed by atoms with Crippen LogP contribution in [0.2, 0.25) is 0 Å². The first-order valence-corrected chi connectivity index (χ1v) is 8.15. The van der Waals surface area contributed by atoms with Crippen molar-refractivity contribution in [3.63, 3.8) is 0 Å². The Morgan fingerprint density at radius 3 is 1.65 bits per heavy atom. The molecule has 2 atom stereocenters. The van der Waals surface area contributed by atoms with Gasteiger partial charge in [0.2, 0.25) is 0 Å². The summed E-state index contributed by atoms with van der Waals surface area (Å²) in [6, 6.07) is 0. The summed E-state index contributed by atoms with van der Waals surface area (Å²) in [5.74, 6) is 1.00. The third kappa shape index (κ3) is 3.01. The van der Waals surface area contributed by atoms with Gasteiger partial charge in [0.25, 0.3) is 10.2 Å². The van der Waals surface area contributed by atoms with Crippen molar-refractivity contribution in [3.8, 4) is 0 Å². The van der Waals surface area contributed by atoms with E-state index in [9.17, 15) is 8.42 Å². The van der Waals surface area contributed by atoms with Crippen LogP contribution in [0.15, 0.2) is 0 Å². The average Bonchev–Trinajstić information content (AvgIpc) is 2.29. The van der Waals surface area contributed by atoms with E-state index >= 15 is 0 Å². The fourth-order valence-corrected chi connectivity index (χ4v) is 4.81. The molecule has 100 valence electrons. The molecule has 0 bridgehead atoms. The van der Waals surface area contributed by atoms with Gasteiger partial charge in [-0.15, -0.1) is 0 Å². The third-order valence-corrected chi connectivity index (χ3v) is 5.86. The van der Waals surface area contributed by atoms with Crippen LogP contribution in [-0.4, -0.2) is 43.2 Å². The third-order valence-electron chi connectivity index (χ3n) is 3.89. The van der Waals surface area contributed by atoms with Gasteiger partial charge in [-0.2, -0.15) is 17.0 Å². The predicted octanol–water partition coefficient (Wildman–Crippen LogP) is 1.70. The van der Waals surface area contributed by atoms with Crippen molar-refractivity contribution in [1.82, 2.24) is 8.61 Å². The largest absolute Gasteiger partial charge is 0.281 e. The van der Waals surface area contributed by atoms with Crippen LogP contribution in [0.3, 0.4) is 0 Å². The minimum absolute atomic E-state index is 0.501. The maximum atomic E-state index is 12.5. The minimum atomic E-state index is -3.18. The summed E-state index contributed by atoms with van der Waals surface area (Å²) < 4.78 is 28.4. The molecule has 0 aromatic carbocycles. The van der Waals surface area contributed by atoms with E-state index in [4.69, 9.17) is 0 Å². The molecule has 2 rings (SSSR count). The van der Waals surface area contributed by atoms with Crippen LogP contribution in [0.1, 0.15) is 39.5 Å². The summed E-state index contributed by atoms with van der Waals surface area (Å²) in [6.45, 7) is 7.09. The van der Waals surface area contributed by atoms with Gasteiger partial charge in [-0.05, 0) is 37.5 Å². The SMILES string of the molecule is CC1CCCN(S(=O)(=O)N2CCCC(C)C2)C1. The summed E-state index contributed by atoms with van der Waals surface area (Å²) in [6.07, 6.45) is 4.32. The van der Waals surface area contributed by atoms with Crippen LogP contribution >= 0.6 is 0 Å². The Morgan fingerprint density at radius 1 is 0.882 bits per heavy atom. The Balaban J connectivity index is 2.06. The van der Waals surface area contributed by atoms with Gasteiger partial charge in [0.15, 0.2) is 0 Å². The highest BCUT2D eigenvalue weighted by Crippen LogP contribution is 2.24. The highest BCUT2D eigenvalue weighted by Gasteiger charge is 2.34. The number of hydrogen-bond donors (Lipinski definition) is 0. The molecule has 0 aliphatic carbocycles. The Hall–Kier alpha value is -0.130. The zero-order chi connectivity index (χ0) is 12.5. The van der Waals surface area contributed by atoms with Crippen LogP contribution in [0.4, 0.5) is 0 Å². The number of rotatable bonds is 2. The summed E-state index contributed by atoms with van der Waals surface area (Å²) in [4.78, 5) is 0. The molecule has 0 amide bonds. The molecule has 0 aromatic rings. The van der Waals surface area contributed by atoms with E-state index in [2.05, 4.69) is 13.8 Å². The molecule has 2 unspecified atom stereocenters. The van der Waals surface area contributed by atoms with Crippen LogP contribution in [0.5, 0.6) is 0 Å². The lowest BCUT2D eigenvalue weighted by molar-refractivity contribution is 0.229. The second-order valence-electron chi connectivity index (χ2n) is 5.72. The maximum absolute atomic E-state index is 12.5. The zero-order valence-electron chi connectivity index (χ0n) is 10.9. The van der Waals surface area contributed by atoms with E-state index in [1.54, 1.807) is 8.61 Å². The first kappa shape index (κ1) is 13.3. The Labute approximate surface area is 105 Å². The molecule has 0 aromatic heterocycles. The lowest BCUT2D eigenvalue weighted by Crippen LogP contribution is -2.50. The van der Waals surface area contributed by atoms with Crippen molar-refractivity contribution < 1.29 is 8.42 Å².